The van der Waals surface area contributed by atoms with Crippen LogP contribution >= 0.6 is 0 Å². The van der Waals surface area contributed by atoms with Gasteiger partial charge in [-0.05, 0) is 46.3 Å². The second-order valence-electron chi connectivity index (χ2n) is 8.70. The van der Waals surface area contributed by atoms with Crippen molar-refractivity contribution in [1.82, 2.24) is 30.0 Å². The van der Waals surface area contributed by atoms with E-state index in [0.29, 0.717) is 23.7 Å². The largest absolute Gasteiger partial charge is 0.468 e. The second kappa shape index (κ2) is 9.47. The Balaban J connectivity index is 1.27. The van der Waals surface area contributed by atoms with E-state index < -0.39 is 6.04 Å². The highest BCUT2D eigenvalue weighted by molar-refractivity contribution is 5.44. The second-order valence-corrected chi connectivity index (χ2v) is 8.70. The highest BCUT2D eigenvalue weighted by atomic mass is 19.1. The van der Waals surface area contributed by atoms with Crippen molar-refractivity contribution in [2.45, 2.75) is 19.1 Å². The molecule has 2 aliphatic heterocycles. The fourth-order valence-corrected chi connectivity index (χ4v) is 4.73. The molecule has 4 heterocycles. The molecule has 4 aromatic rings. The molecule has 6 rings (SSSR count). The van der Waals surface area contributed by atoms with E-state index in [2.05, 4.69) is 25.3 Å². The van der Waals surface area contributed by atoms with E-state index in [4.69, 9.17) is 13.9 Å². The molecule has 2 aromatic carbocycles. The maximum absolute atomic E-state index is 15.1. The van der Waals surface area contributed by atoms with E-state index in [1.165, 1.54) is 6.07 Å². The summed E-state index contributed by atoms with van der Waals surface area (Å²) in [5.74, 6) is 2.70. The topological polar surface area (TPSA) is 81.7 Å². The van der Waals surface area contributed by atoms with Crippen molar-refractivity contribution in [1.29, 1.82) is 0 Å². The number of benzene rings is 2. The predicted molar refractivity (Wildman–Crippen MR) is 123 cm³/mol. The third kappa shape index (κ3) is 4.50. The number of aromatic nitrogens is 4. The van der Waals surface area contributed by atoms with Gasteiger partial charge in [-0.2, -0.15) is 0 Å². The number of furan rings is 1. The van der Waals surface area contributed by atoms with Gasteiger partial charge in [0.1, 0.15) is 17.6 Å². The van der Waals surface area contributed by atoms with E-state index in [-0.39, 0.29) is 12.6 Å². The van der Waals surface area contributed by atoms with Crippen LogP contribution in [0.2, 0.25) is 0 Å². The van der Waals surface area contributed by atoms with Crippen molar-refractivity contribution >= 4 is 0 Å². The third-order valence-corrected chi connectivity index (χ3v) is 6.50. The molecule has 9 nitrogen and oxygen atoms in total. The van der Waals surface area contributed by atoms with Crippen molar-refractivity contribution in [3.05, 3.63) is 89.4 Å². The van der Waals surface area contributed by atoms with Gasteiger partial charge < -0.3 is 13.9 Å². The van der Waals surface area contributed by atoms with Crippen molar-refractivity contribution in [3.63, 3.8) is 0 Å². The molecule has 2 aliphatic rings. The lowest BCUT2D eigenvalue weighted by Gasteiger charge is -2.38. The lowest BCUT2D eigenvalue weighted by molar-refractivity contribution is 0.0944. The quantitative estimate of drug-likeness (QED) is 0.403. The Hall–Kier alpha value is -3.76. The van der Waals surface area contributed by atoms with Gasteiger partial charge in [0, 0.05) is 31.7 Å². The number of halogens is 1. The molecule has 0 unspecified atom stereocenters. The summed E-state index contributed by atoms with van der Waals surface area (Å²) in [4.78, 5) is 4.59. The van der Waals surface area contributed by atoms with Crippen LogP contribution in [0.4, 0.5) is 4.39 Å². The van der Waals surface area contributed by atoms with Crippen molar-refractivity contribution in [2.24, 2.45) is 0 Å². The number of fused-ring (bicyclic) bond motifs is 1. The van der Waals surface area contributed by atoms with Gasteiger partial charge in [-0.3, -0.25) is 9.80 Å². The molecule has 0 saturated carbocycles. The number of hydrogen-bond acceptors (Lipinski definition) is 8. The molecule has 10 heteroatoms. The first kappa shape index (κ1) is 21.8. The molecule has 0 aliphatic carbocycles. The van der Waals surface area contributed by atoms with Gasteiger partial charge in [-0.1, -0.05) is 24.3 Å². The molecule has 35 heavy (non-hydrogen) atoms. The molecular weight excluding hydrogens is 451 g/mol. The molecule has 0 radical (unpaired) electrons. The normalized spacial score (nSPS) is 17.1. The fourth-order valence-electron chi connectivity index (χ4n) is 4.73. The van der Waals surface area contributed by atoms with Crippen LogP contribution in [0.1, 0.15) is 28.8 Å². The summed E-state index contributed by atoms with van der Waals surface area (Å²) in [6.07, 6.45) is 1.69. The smallest absolute Gasteiger partial charge is 0.231 e. The maximum atomic E-state index is 15.1. The summed E-state index contributed by atoms with van der Waals surface area (Å²) in [6, 6.07) is 16.1. The maximum Gasteiger partial charge on any atom is 0.231 e. The average Bonchev–Trinajstić information content (AvgIpc) is 3.64. The van der Waals surface area contributed by atoms with E-state index in [1.807, 2.05) is 42.5 Å². The van der Waals surface area contributed by atoms with Crippen LogP contribution in [0.25, 0.3) is 0 Å². The van der Waals surface area contributed by atoms with Gasteiger partial charge in [0.05, 0.1) is 19.4 Å². The van der Waals surface area contributed by atoms with E-state index in [1.54, 1.807) is 17.0 Å². The van der Waals surface area contributed by atoms with Crippen LogP contribution in [-0.4, -0.2) is 63.0 Å². The van der Waals surface area contributed by atoms with Gasteiger partial charge >= 0.3 is 0 Å². The molecule has 1 atom stereocenters. The SMILES string of the molecule is Fc1ccccc1[C@H](c1nnnn1Cc1ccc2c(c1)OCO2)N1CCN(Cc2ccco2)CC1. The molecular formula is C25H25FN6O3. The summed E-state index contributed by atoms with van der Waals surface area (Å²) in [6.45, 7) is 4.56. The predicted octanol–water partition coefficient (Wildman–Crippen LogP) is 3.09. The molecule has 180 valence electrons. The first-order chi connectivity index (χ1) is 17.2. The van der Waals surface area contributed by atoms with Crippen LogP contribution in [-0.2, 0) is 13.1 Å². The fraction of sp³-hybridized carbons (Fsp3) is 0.320. The summed E-state index contributed by atoms with van der Waals surface area (Å²) < 4.78 is 33.2. The first-order valence-corrected chi connectivity index (χ1v) is 11.6. The zero-order valence-electron chi connectivity index (χ0n) is 19.1. The Kier molecular flexibility index (Phi) is 5.89. The van der Waals surface area contributed by atoms with Crippen LogP contribution < -0.4 is 9.47 Å². The standard InChI is InChI=1S/C25H25FN6O3/c26-21-6-2-1-5-20(21)24(31-11-9-30(10-12-31)16-19-4-3-13-33-19)25-27-28-29-32(25)15-18-7-8-22-23(14-18)35-17-34-22/h1-8,13-14,24H,9-12,15-17H2/t24-/m1/s1. The van der Waals surface area contributed by atoms with Gasteiger partial charge in [0.25, 0.3) is 0 Å². The van der Waals surface area contributed by atoms with Crippen LogP contribution in [0.3, 0.4) is 0 Å². The number of nitrogens with zero attached hydrogens (tertiary/aromatic N) is 6. The number of ether oxygens (including phenoxy) is 2. The van der Waals surface area contributed by atoms with Crippen LogP contribution in [0.5, 0.6) is 11.5 Å². The highest BCUT2D eigenvalue weighted by Gasteiger charge is 2.32. The van der Waals surface area contributed by atoms with Crippen molar-refractivity contribution in [3.8, 4) is 11.5 Å². The minimum absolute atomic E-state index is 0.218. The highest BCUT2D eigenvalue weighted by Crippen LogP contribution is 2.34. The third-order valence-electron chi connectivity index (χ3n) is 6.50. The minimum Gasteiger partial charge on any atom is -0.468 e. The van der Waals surface area contributed by atoms with Crippen molar-refractivity contribution in [2.75, 3.05) is 33.0 Å². The molecule has 2 aromatic heterocycles. The Morgan fingerprint density at radius 1 is 0.914 bits per heavy atom. The van der Waals surface area contributed by atoms with Gasteiger partial charge in [0.15, 0.2) is 17.3 Å². The minimum atomic E-state index is -0.411. The lowest BCUT2D eigenvalue weighted by atomic mass is 10.0. The Labute approximate surface area is 201 Å². The molecule has 1 saturated heterocycles. The van der Waals surface area contributed by atoms with Crippen molar-refractivity contribution < 1.29 is 18.3 Å². The number of tetrazole rings is 1. The molecule has 0 bridgehead atoms. The van der Waals surface area contributed by atoms with Crippen LogP contribution in [0, 0.1) is 5.82 Å². The molecule has 1 fully saturated rings. The van der Waals surface area contributed by atoms with E-state index in [9.17, 15) is 0 Å². The van der Waals surface area contributed by atoms with Gasteiger partial charge in [-0.15, -0.1) is 5.10 Å². The average molecular weight is 477 g/mol. The van der Waals surface area contributed by atoms with E-state index in [0.717, 1.165) is 49.8 Å². The van der Waals surface area contributed by atoms with E-state index >= 15 is 4.39 Å². The summed E-state index contributed by atoms with van der Waals surface area (Å²) in [5.41, 5.74) is 1.53. The molecule has 0 amide bonds. The zero-order valence-corrected chi connectivity index (χ0v) is 19.1. The van der Waals surface area contributed by atoms with Crippen LogP contribution in [0.15, 0.2) is 65.3 Å². The first-order valence-electron chi connectivity index (χ1n) is 11.6. The number of rotatable bonds is 7. The number of piperazine rings is 1. The Bertz CT molecular complexity index is 1290. The van der Waals surface area contributed by atoms with Gasteiger partial charge in [0.2, 0.25) is 6.79 Å². The zero-order chi connectivity index (χ0) is 23.6. The summed E-state index contributed by atoms with van der Waals surface area (Å²) in [5, 5.41) is 12.6. The summed E-state index contributed by atoms with van der Waals surface area (Å²) >= 11 is 0. The molecule has 0 N–H and O–H groups in total. The number of hydrogen-bond donors (Lipinski definition) is 0. The Morgan fingerprint density at radius 3 is 2.60 bits per heavy atom. The van der Waals surface area contributed by atoms with Gasteiger partial charge in [-0.25, -0.2) is 9.07 Å². The Morgan fingerprint density at radius 2 is 1.77 bits per heavy atom. The monoisotopic (exact) mass is 476 g/mol. The summed E-state index contributed by atoms with van der Waals surface area (Å²) in [7, 11) is 0. The lowest BCUT2D eigenvalue weighted by Crippen LogP contribution is -2.48. The molecule has 0 spiro atoms.